The number of nitrogens with zero attached hydrogens (tertiary/aromatic N) is 1. The topological polar surface area (TPSA) is 15.3 Å². The van der Waals surface area contributed by atoms with Gasteiger partial charge in [-0.15, -0.1) is 0 Å². The molecule has 1 N–H and O–H groups in total. The van der Waals surface area contributed by atoms with Crippen LogP contribution in [0.1, 0.15) is 36.8 Å². The van der Waals surface area contributed by atoms with Gasteiger partial charge in [-0.1, -0.05) is 15.9 Å². The standard InChI is InChI=1S/C16H23BrN2/c1-11-8-15(9-12(2)16(11)17)19-7-3-4-14(10-19)18-13-5-6-13/h8-9,13-14,18H,3-7,10H2,1-2H3. The van der Waals surface area contributed by atoms with E-state index >= 15 is 0 Å². The van der Waals surface area contributed by atoms with Gasteiger partial charge < -0.3 is 10.2 Å². The van der Waals surface area contributed by atoms with Crippen LogP contribution in [0, 0.1) is 13.8 Å². The van der Waals surface area contributed by atoms with Crippen molar-refractivity contribution in [2.24, 2.45) is 0 Å². The lowest BCUT2D eigenvalue weighted by molar-refractivity contribution is 0.420. The molecule has 1 aliphatic carbocycles. The maximum Gasteiger partial charge on any atom is 0.0372 e. The molecular formula is C16H23BrN2. The SMILES string of the molecule is Cc1cc(N2CCCC(NC3CC3)C2)cc(C)c1Br. The van der Waals surface area contributed by atoms with E-state index in [1.54, 1.807) is 0 Å². The quantitative estimate of drug-likeness (QED) is 0.910. The molecule has 2 fully saturated rings. The molecule has 104 valence electrons. The molecule has 0 radical (unpaired) electrons. The molecule has 2 nitrogen and oxygen atoms in total. The van der Waals surface area contributed by atoms with Gasteiger partial charge in [-0.25, -0.2) is 0 Å². The van der Waals surface area contributed by atoms with Crippen molar-refractivity contribution < 1.29 is 0 Å². The molecular weight excluding hydrogens is 300 g/mol. The molecule has 3 heteroatoms. The van der Waals surface area contributed by atoms with E-state index in [2.05, 4.69) is 52.1 Å². The predicted octanol–water partition coefficient (Wildman–Crippen LogP) is 3.79. The Balaban J connectivity index is 1.73. The molecule has 1 aromatic rings. The first-order valence-corrected chi connectivity index (χ1v) is 8.20. The number of nitrogens with one attached hydrogen (secondary N) is 1. The summed E-state index contributed by atoms with van der Waals surface area (Å²) in [5.74, 6) is 0. The van der Waals surface area contributed by atoms with E-state index in [1.165, 1.54) is 53.5 Å². The van der Waals surface area contributed by atoms with Gasteiger partial charge in [0.05, 0.1) is 0 Å². The maximum absolute atomic E-state index is 3.78. The maximum atomic E-state index is 3.78. The highest BCUT2D eigenvalue weighted by molar-refractivity contribution is 9.10. The molecule has 1 aliphatic heterocycles. The minimum Gasteiger partial charge on any atom is -0.370 e. The third-order valence-electron chi connectivity index (χ3n) is 4.26. The fourth-order valence-corrected chi connectivity index (χ4v) is 3.27. The first-order valence-electron chi connectivity index (χ1n) is 7.41. The molecule has 0 amide bonds. The Labute approximate surface area is 124 Å². The Hall–Kier alpha value is -0.540. The summed E-state index contributed by atoms with van der Waals surface area (Å²) in [5.41, 5.74) is 4.07. The Bertz CT molecular complexity index is 445. The summed E-state index contributed by atoms with van der Waals surface area (Å²) in [4.78, 5) is 2.55. The molecule has 1 heterocycles. The molecule has 1 saturated heterocycles. The molecule has 0 spiro atoms. The number of hydrogen-bond acceptors (Lipinski definition) is 2. The summed E-state index contributed by atoms with van der Waals surface area (Å²) in [6.07, 6.45) is 5.40. The van der Waals surface area contributed by atoms with Crippen molar-refractivity contribution in [1.29, 1.82) is 0 Å². The van der Waals surface area contributed by atoms with Crippen LogP contribution in [0.2, 0.25) is 0 Å². The highest BCUT2D eigenvalue weighted by Gasteiger charge is 2.27. The van der Waals surface area contributed by atoms with Crippen molar-refractivity contribution in [3.05, 3.63) is 27.7 Å². The summed E-state index contributed by atoms with van der Waals surface area (Å²) < 4.78 is 1.25. The Morgan fingerprint density at radius 3 is 2.42 bits per heavy atom. The van der Waals surface area contributed by atoms with Crippen LogP contribution in [0.15, 0.2) is 16.6 Å². The van der Waals surface area contributed by atoms with Crippen molar-refractivity contribution >= 4 is 21.6 Å². The molecule has 1 aromatic carbocycles. The fraction of sp³-hybridized carbons (Fsp3) is 0.625. The van der Waals surface area contributed by atoms with Gasteiger partial charge in [-0.3, -0.25) is 0 Å². The predicted molar refractivity (Wildman–Crippen MR) is 85.0 cm³/mol. The summed E-state index contributed by atoms with van der Waals surface area (Å²) in [6.45, 7) is 6.73. The molecule has 1 saturated carbocycles. The van der Waals surface area contributed by atoms with E-state index in [0.717, 1.165) is 12.6 Å². The zero-order chi connectivity index (χ0) is 13.4. The third-order valence-corrected chi connectivity index (χ3v) is 5.51. The van der Waals surface area contributed by atoms with E-state index in [9.17, 15) is 0 Å². The van der Waals surface area contributed by atoms with Crippen LogP contribution >= 0.6 is 15.9 Å². The zero-order valence-electron chi connectivity index (χ0n) is 11.9. The van der Waals surface area contributed by atoms with Crippen molar-refractivity contribution in [3.63, 3.8) is 0 Å². The van der Waals surface area contributed by atoms with Crippen LogP contribution in [0.5, 0.6) is 0 Å². The number of halogens is 1. The van der Waals surface area contributed by atoms with Crippen molar-refractivity contribution in [3.8, 4) is 0 Å². The number of hydrogen-bond donors (Lipinski definition) is 1. The molecule has 1 unspecified atom stereocenters. The van der Waals surface area contributed by atoms with E-state index in [4.69, 9.17) is 0 Å². The van der Waals surface area contributed by atoms with Crippen LogP contribution in [0.25, 0.3) is 0 Å². The second-order valence-electron chi connectivity index (χ2n) is 6.12. The van der Waals surface area contributed by atoms with Gasteiger partial charge in [0.2, 0.25) is 0 Å². The van der Waals surface area contributed by atoms with E-state index in [0.29, 0.717) is 6.04 Å². The summed E-state index contributed by atoms with van der Waals surface area (Å²) >= 11 is 3.66. The summed E-state index contributed by atoms with van der Waals surface area (Å²) in [6, 6.07) is 6.14. The summed E-state index contributed by atoms with van der Waals surface area (Å²) in [7, 11) is 0. The van der Waals surface area contributed by atoms with Crippen LogP contribution in [-0.2, 0) is 0 Å². The lowest BCUT2D eigenvalue weighted by Crippen LogP contribution is -2.46. The lowest BCUT2D eigenvalue weighted by Gasteiger charge is -2.35. The van der Waals surface area contributed by atoms with Gasteiger partial charge in [0.15, 0.2) is 0 Å². The van der Waals surface area contributed by atoms with Crippen molar-refractivity contribution in [2.75, 3.05) is 18.0 Å². The number of aryl methyl sites for hydroxylation is 2. The van der Waals surface area contributed by atoms with E-state index < -0.39 is 0 Å². The van der Waals surface area contributed by atoms with Gasteiger partial charge in [0.25, 0.3) is 0 Å². The number of benzene rings is 1. The molecule has 0 bridgehead atoms. The molecule has 19 heavy (non-hydrogen) atoms. The number of piperidine rings is 1. The minimum atomic E-state index is 0.686. The average molecular weight is 323 g/mol. The van der Waals surface area contributed by atoms with Gasteiger partial charge >= 0.3 is 0 Å². The van der Waals surface area contributed by atoms with Gasteiger partial charge in [0, 0.05) is 35.3 Å². The largest absolute Gasteiger partial charge is 0.370 e. The van der Waals surface area contributed by atoms with E-state index in [-0.39, 0.29) is 0 Å². The Kier molecular flexibility index (Phi) is 3.86. The van der Waals surface area contributed by atoms with Gasteiger partial charge in [0.1, 0.15) is 0 Å². The average Bonchev–Trinajstić information content (AvgIpc) is 3.19. The molecule has 1 atom stereocenters. The zero-order valence-corrected chi connectivity index (χ0v) is 13.5. The van der Waals surface area contributed by atoms with Crippen LogP contribution in [0.4, 0.5) is 5.69 Å². The van der Waals surface area contributed by atoms with Gasteiger partial charge in [-0.2, -0.15) is 0 Å². The van der Waals surface area contributed by atoms with Crippen LogP contribution in [-0.4, -0.2) is 25.2 Å². The second-order valence-corrected chi connectivity index (χ2v) is 6.91. The van der Waals surface area contributed by atoms with Crippen molar-refractivity contribution in [2.45, 2.75) is 51.6 Å². The van der Waals surface area contributed by atoms with Crippen LogP contribution < -0.4 is 10.2 Å². The van der Waals surface area contributed by atoms with Crippen molar-refractivity contribution in [1.82, 2.24) is 5.32 Å². The smallest absolute Gasteiger partial charge is 0.0372 e. The van der Waals surface area contributed by atoms with E-state index in [1.807, 2.05) is 0 Å². The summed E-state index contributed by atoms with van der Waals surface area (Å²) in [5, 5.41) is 3.78. The molecule has 3 rings (SSSR count). The molecule has 0 aromatic heterocycles. The number of anilines is 1. The Morgan fingerprint density at radius 2 is 1.79 bits per heavy atom. The second kappa shape index (κ2) is 5.45. The normalized spacial score (nSPS) is 23.7. The first kappa shape index (κ1) is 13.4. The lowest BCUT2D eigenvalue weighted by atomic mass is 10.0. The van der Waals surface area contributed by atoms with Gasteiger partial charge in [-0.05, 0) is 62.8 Å². The highest BCUT2D eigenvalue weighted by Crippen LogP contribution is 2.29. The highest BCUT2D eigenvalue weighted by atomic mass is 79.9. The third kappa shape index (κ3) is 3.14. The van der Waals surface area contributed by atoms with Crippen LogP contribution in [0.3, 0.4) is 0 Å². The molecule has 2 aliphatic rings. The fourth-order valence-electron chi connectivity index (χ4n) is 3.04. The Morgan fingerprint density at radius 1 is 1.11 bits per heavy atom. The minimum absolute atomic E-state index is 0.686. The number of rotatable bonds is 3. The first-order chi connectivity index (χ1) is 9.13. The monoisotopic (exact) mass is 322 g/mol.